The van der Waals surface area contributed by atoms with Crippen LogP contribution >= 0.6 is 0 Å². The van der Waals surface area contributed by atoms with E-state index < -0.39 is 0 Å². The van der Waals surface area contributed by atoms with Crippen molar-refractivity contribution in [3.05, 3.63) is 35.4 Å². The summed E-state index contributed by atoms with van der Waals surface area (Å²) < 4.78 is 0. The van der Waals surface area contributed by atoms with E-state index in [-0.39, 0.29) is 16.7 Å². The van der Waals surface area contributed by atoms with Crippen LogP contribution in [0.4, 0.5) is 0 Å². The molecule has 3 heterocycles. The molecule has 0 N–H and O–H groups in total. The summed E-state index contributed by atoms with van der Waals surface area (Å²) in [5.74, 6) is 1.10. The maximum absolute atomic E-state index is 13.6. The molecule has 0 bridgehead atoms. The monoisotopic (exact) mass is 411 g/mol. The molecule has 3 fully saturated rings. The van der Waals surface area contributed by atoms with E-state index in [2.05, 4.69) is 30.6 Å². The number of nitrogens with zero attached hydrogens (tertiary/aromatic N) is 3. The Hall–Kier alpha value is -1.88. The molecule has 30 heavy (non-hydrogen) atoms. The van der Waals surface area contributed by atoms with Crippen LogP contribution in [0.25, 0.3) is 0 Å². The van der Waals surface area contributed by atoms with Gasteiger partial charge in [-0.2, -0.15) is 0 Å². The quantitative estimate of drug-likeness (QED) is 0.762. The first kappa shape index (κ1) is 21.4. The summed E-state index contributed by atoms with van der Waals surface area (Å²) in [6.07, 6.45) is 2.84. The van der Waals surface area contributed by atoms with E-state index in [0.717, 1.165) is 70.6 Å². The van der Waals surface area contributed by atoms with E-state index in [4.69, 9.17) is 0 Å². The molecule has 0 radical (unpaired) electrons. The third-order valence-electron chi connectivity index (χ3n) is 7.85. The summed E-state index contributed by atoms with van der Waals surface area (Å²) in [5, 5.41) is 0. The number of piperidine rings is 1. The highest BCUT2D eigenvalue weighted by molar-refractivity contribution is 5.94. The molecule has 1 aromatic carbocycles. The highest BCUT2D eigenvalue weighted by atomic mass is 16.2. The summed E-state index contributed by atoms with van der Waals surface area (Å²) in [6.45, 7) is 14.8. The van der Waals surface area contributed by atoms with Gasteiger partial charge in [0.1, 0.15) is 0 Å². The van der Waals surface area contributed by atoms with Gasteiger partial charge in [0.25, 0.3) is 5.91 Å². The summed E-state index contributed by atoms with van der Waals surface area (Å²) in [4.78, 5) is 33.2. The van der Waals surface area contributed by atoms with Gasteiger partial charge in [-0.05, 0) is 51.2 Å². The van der Waals surface area contributed by atoms with Gasteiger partial charge in [-0.3, -0.25) is 9.59 Å². The number of aryl methyl sites for hydroxylation is 1. The van der Waals surface area contributed by atoms with Crippen molar-refractivity contribution in [1.82, 2.24) is 14.7 Å². The van der Waals surface area contributed by atoms with E-state index in [9.17, 15) is 9.59 Å². The summed E-state index contributed by atoms with van der Waals surface area (Å²) >= 11 is 0. The largest absolute Gasteiger partial charge is 0.342 e. The molecule has 3 aliphatic rings. The first-order valence-electron chi connectivity index (χ1n) is 11.7. The number of hydrogen-bond acceptors (Lipinski definition) is 3. The average molecular weight is 412 g/mol. The average Bonchev–Trinajstić information content (AvgIpc) is 3.20. The van der Waals surface area contributed by atoms with Gasteiger partial charge in [0.2, 0.25) is 5.91 Å². The maximum Gasteiger partial charge on any atom is 0.253 e. The predicted molar refractivity (Wildman–Crippen MR) is 119 cm³/mol. The number of rotatable bonds is 4. The molecule has 5 nitrogen and oxygen atoms in total. The van der Waals surface area contributed by atoms with Crippen LogP contribution in [0.1, 0.15) is 56.0 Å². The van der Waals surface area contributed by atoms with Gasteiger partial charge < -0.3 is 14.7 Å². The fourth-order valence-corrected chi connectivity index (χ4v) is 6.26. The van der Waals surface area contributed by atoms with Gasteiger partial charge in [-0.25, -0.2) is 0 Å². The maximum atomic E-state index is 13.6. The molecule has 1 unspecified atom stereocenters. The minimum Gasteiger partial charge on any atom is -0.342 e. The third-order valence-corrected chi connectivity index (χ3v) is 7.85. The first-order chi connectivity index (χ1) is 14.3. The molecule has 2 amide bonds. The zero-order chi connectivity index (χ0) is 21.5. The van der Waals surface area contributed by atoms with Gasteiger partial charge in [0, 0.05) is 56.8 Å². The summed E-state index contributed by atoms with van der Waals surface area (Å²) in [6, 6.07) is 7.88. The van der Waals surface area contributed by atoms with E-state index in [1.807, 2.05) is 36.1 Å². The van der Waals surface area contributed by atoms with Crippen molar-refractivity contribution >= 4 is 11.8 Å². The van der Waals surface area contributed by atoms with Crippen LogP contribution in [0.5, 0.6) is 0 Å². The van der Waals surface area contributed by atoms with Gasteiger partial charge in [-0.1, -0.05) is 31.5 Å². The Kier molecular flexibility index (Phi) is 5.69. The third kappa shape index (κ3) is 3.45. The minimum absolute atomic E-state index is 0.00689. The number of hydrogen-bond donors (Lipinski definition) is 0. The molecule has 1 atom stereocenters. The van der Waals surface area contributed by atoms with E-state index in [0.29, 0.717) is 11.8 Å². The molecule has 4 rings (SSSR count). The Labute approximate surface area is 181 Å². The molecular formula is C25H37N3O2. The number of carbonyl (C=O) groups is 2. The van der Waals surface area contributed by atoms with Gasteiger partial charge in [0.05, 0.1) is 5.41 Å². The van der Waals surface area contributed by atoms with Gasteiger partial charge >= 0.3 is 0 Å². The second-order valence-electron chi connectivity index (χ2n) is 10.2. The van der Waals surface area contributed by atoms with Crippen molar-refractivity contribution in [3.8, 4) is 0 Å². The SMILES string of the molecule is CCN1CCC2(CN(CC(C)C)CC23CCN(C(=O)c2ccc(C)cc2)CC3)C1=O. The van der Waals surface area contributed by atoms with Crippen LogP contribution in [0.15, 0.2) is 24.3 Å². The molecule has 5 heteroatoms. The first-order valence-corrected chi connectivity index (χ1v) is 11.7. The zero-order valence-electron chi connectivity index (χ0n) is 19.1. The number of benzene rings is 1. The number of fused-ring (bicyclic) bond motifs is 1. The van der Waals surface area contributed by atoms with Crippen LogP contribution in [-0.2, 0) is 4.79 Å². The molecule has 3 aliphatic heterocycles. The Morgan fingerprint density at radius 2 is 1.70 bits per heavy atom. The number of likely N-dealkylation sites (tertiary alicyclic amines) is 3. The molecule has 0 aromatic heterocycles. The molecule has 3 saturated heterocycles. The molecule has 2 spiro atoms. The lowest BCUT2D eigenvalue weighted by molar-refractivity contribution is -0.141. The highest BCUT2D eigenvalue weighted by Gasteiger charge is 2.64. The topological polar surface area (TPSA) is 43.9 Å². The van der Waals surface area contributed by atoms with Crippen molar-refractivity contribution < 1.29 is 9.59 Å². The van der Waals surface area contributed by atoms with Crippen molar-refractivity contribution in [1.29, 1.82) is 0 Å². The Morgan fingerprint density at radius 1 is 1.03 bits per heavy atom. The van der Waals surface area contributed by atoms with Gasteiger partial charge in [0.15, 0.2) is 0 Å². The molecular weight excluding hydrogens is 374 g/mol. The number of amides is 2. The predicted octanol–water partition coefficient (Wildman–Crippen LogP) is 3.43. The van der Waals surface area contributed by atoms with Crippen LogP contribution in [0.3, 0.4) is 0 Å². The van der Waals surface area contributed by atoms with E-state index in [1.165, 1.54) is 5.56 Å². The second kappa shape index (κ2) is 7.99. The Balaban J connectivity index is 1.54. The Bertz CT molecular complexity index is 795. The normalized spacial score (nSPS) is 26.5. The van der Waals surface area contributed by atoms with E-state index >= 15 is 0 Å². The zero-order valence-corrected chi connectivity index (χ0v) is 19.1. The molecule has 1 aromatic rings. The van der Waals surface area contributed by atoms with Crippen molar-refractivity contribution in [2.24, 2.45) is 16.7 Å². The Morgan fingerprint density at radius 3 is 2.27 bits per heavy atom. The standard InChI is InChI=1S/C25H37N3O2/c1-5-27-15-12-25(23(27)30)18-26(16-19(2)3)17-24(25)10-13-28(14-11-24)22(29)21-8-6-20(4)7-9-21/h6-9,19H,5,10-18H2,1-4H3. The van der Waals surface area contributed by atoms with Crippen LogP contribution in [-0.4, -0.2) is 72.3 Å². The van der Waals surface area contributed by atoms with Crippen molar-refractivity contribution in [3.63, 3.8) is 0 Å². The lowest BCUT2D eigenvalue weighted by Crippen LogP contribution is -2.53. The smallest absolute Gasteiger partial charge is 0.253 e. The summed E-state index contributed by atoms with van der Waals surface area (Å²) in [7, 11) is 0. The lowest BCUT2D eigenvalue weighted by Gasteiger charge is -2.47. The summed E-state index contributed by atoms with van der Waals surface area (Å²) in [5.41, 5.74) is 1.69. The fraction of sp³-hybridized carbons (Fsp3) is 0.680. The van der Waals surface area contributed by atoms with Gasteiger partial charge in [-0.15, -0.1) is 0 Å². The molecule has 0 aliphatic carbocycles. The van der Waals surface area contributed by atoms with Crippen molar-refractivity contribution in [2.75, 3.05) is 45.8 Å². The van der Waals surface area contributed by atoms with E-state index in [1.54, 1.807) is 0 Å². The number of carbonyl (C=O) groups excluding carboxylic acids is 2. The van der Waals surface area contributed by atoms with Crippen LogP contribution in [0.2, 0.25) is 0 Å². The van der Waals surface area contributed by atoms with Crippen molar-refractivity contribution in [2.45, 2.75) is 47.0 Å². The fourth-order valence-electron chi connectivity index (χ4n) is 6.26. The second-order valence-corrected chi connectivity index (χ2v) is 10.2. The van der Waals surface area contributed by atoms with Crippen LogP contribution in [0, 0.1) is 23.7 Å². The molecule has 164 valence electrons. The lowest BCUT2D eigenvalue weighted by atomic mass is 9.60. The highest BCUT2D eigenvalue weighted by Crippen LogP contribution is 2.57. The van der Waals surface area contributed by atoms with Crippen LogP contribution < -0.4 is 0 Å². The minimum atomic E-state index is -0.253. The molecule has 0 saturated carbocycles.